The van der Waals surface area contributed by atoms with Gasteiger partial charge < -0.3 is 15.0 Å². The van der Waals surface area contributed by atoms with Crippen molar-refractivity contribution in [3.63, 3.8) is 0 Å². The average Bonchev–Trinajstić information content (AvgIpc) is 2.78. The summed E-state index contributed by atoms with van der Waals surface area (Å²) in [6, 6.07) is -0.501. The maximum atomic E-state index is 11.9. The second-order valence-electron chi connectivity index (χ2n) is 4.40. The average molecular weight is 275 g/mol. The van der Waals surface area contributed by atoms with Gasteiger partial charge in [-0.3, -0.25) is 0 Å². The lowest BCUT2D eigenvalue weighted by Crippen LogP contribution is -2.22. The molecule has 0 amide bonds. The minimum Gasteiger partial charge on any atom is -0.383 e. The summed E-state index contributed by atoms with van der Waals surface area (Å²) < 4.78 is 33.7. The molecule has 7 nitrogen and oxygen atoms in total. The van der Waals surface area contributed by atoms with E-state index >= 15 is 0 Å². The molecule has 18 heavy (non-hydrogen) atoms. The van der Waals surface area contributed by atoms with Gasteiger partial charge in [0.25, 0.3) is 0 Å². The van der Waals surface area contributed by atoms with Gasteiger partial charge in [0, 0.05) is 7.11 Å². The molecule has 0 aromatic carbocycles. The summed E-state index contributed by atoms with van der Waals surface area (Å²) >= 11 is 0. The van der Waals surface area contributed by atoms with Crippen molar-refractivity contribution in [2.75, 3.05) is 19.5 Å². The number of hydrogen-bond acceptors (Lipinski definition) is 7. The molecule has 0 aliphatic carbocycles. The Morgan fingerprint density at radius 2 is 2.33 bits per heavy atom. The monoisotopic (exact) mass is 275 g/mol. The van der Waals surface area contributed by atoms with Gasteiger partial charge in [-0.25, -0.2) is 8.42 Å². The summed E-state index contributed by atoms with van der Waals surface area (Å²) in [4.78, 5) is 4.09. The van der Waals surface area contributed by atoms with Gasteiger partial charge in [-0.1, -0.05) is 11.6 Å². The minimum atomic E-state index is -3.17. The van der Waals surface area contributed by atoms with E-state index in [1.807, 2.05) is 0 Å². The molecule has 0 radical (unpaired) electrons. The molecule has 0 spiro atoms. The largest absolute Gasteiger partial charge is 0.383 e. The molecule has 2 heterocycles. The van der Waals surface area contributed by atoms with Crippen molar-refractivity contribution in [2.24, 2.45) is 5.73 Å². The van der Waals surface area contributed by atoms with Crippen LogP contribution in [0, 0.1) is 0 Å². The molecule has 0 saturated carbocycles. The first-order valence-corrected chi connectivity index (χ1v) is 7.55. The smallest absolute Gasteiger partial charge is 0.245 e. The Morgan fingerprint density at radius 1 is 1.56 bits per heavy atom. The van der Waals surface area contributed by atoms with Crippen molar-refractivity contribution in [1.29, 1.82) is 0 Å². The third-order valence-electron chi connectivity index (χ3n) is 2.99. The molecular weight excluding hydrogens is 258 g/mol. The molecule has 1 fully saturated rings. The molecule has 2 N–H and O–H groups in total. The molecule has 1 aromatic heterocycles. The van der Waals surface area contributed by atoms with Gasteiger partial charge in [-0.05, 0) is 12.8 Å². The Bertz CT molecular complexity index is 499. The van der Waals surface area contributed by atoms with Crippen LogP contribution in [0.15, 0.2) is 4.52 Å². The van der Waals surface area contributed by atoms with E-state index in [9.17, 15) is 8.42 Å². The number of sulfone groups is 1. The highest BCUT2D eigenvalue weighted by molar-refractivity contribution is 7.91. The molecule has 1 aromatic rings. The fraction of sp³-hybridized carbons (Fsp3) is 0.800. The maximum Gasteiger partial charge on any atom is 0.245 e. The number of nitrogens with zero attached hydrogens (tertiary/aromatic N) is 2. The predicted molar refractivity (Wildman–Crippen MR) is 63.5 cm³/mol. The van der Waals surface area contributed by atoms with Crippen molar-refractivity contribution < 1.29 is 17.7 Å². The van der Waals surface area contributed by atoms with Crippen LogP contribution in [0.3, 0.4) is 0 Å². The molecule has 0 bridgehead atoms. The molecular formula is C10H17N3O4S. The Morgan fingerprint density at radius 3 is 3.00 bits per heavy atom. The van der Waals surface area contributed by atoms with Gasteiger partial charge in [0.05, 0.1) is 18.4 Å². The number of methoxy groups -OCH3 is 1. The summed E-state index contributed by atoms with van der Waals surface area (Å²) in [6.45, 7) is 0.260. The van der Waals surface area contributed by atoms with Crippen LogP contribution < -0.4 is 5.73 Å². The van der Waals surface area contributed by atoms with Gasteiger partial charge in [-0.2, -0.15) is 4.98 Å². The van der Waals surface area contributed by atoms with Crippen molar-refractivity contribution in [3.8, 4) is 0 Å². The topological polar surface area (TPSA) is 108 Å². The quantitative estimate of drug-likeness (QED) is 0.844. The predicted octanol–water partition coefficient (Wildman–Crippen LogP) is 0.356. The van der Waals surface area contributed by atoms with Crippen LogP contribution in [0.1, 0.15) is 42.3 Å². The summed E-state index contributed by atoms with van der Waals surface area (Å²) in [6.07, 6.45) is 2.08. The highest BCUT2D eigenvalue weighted by Gasteiger charge is 2.35. The van der Waals surface area contributed by atoms with Crippen LogP contribution in [0.4, 0.5) is 0 Å². The lowest BCUT2D eigenvalue weighted by atomic mass is 10.2. The third kappa shape index (κ3) is 2.70. The van der Waals surface area contributed by atoms with E-state index in [1.165, 1.54) is 7.11 Å². The highest BCUT2D eigenvalue weighted by Crippen LogP contribution is 2.32. The van der Waals surface area contributed by atoms with E-state index in [1.54, 1.807) is 0 Å². The number of aromatic nitrogens is 2. The van der Waals surface area contributed by atoms with Crippen LogP contribution in [0.2, 0.25) is 0 Å². The van der Waals surface area contributed by atoms with Crippen molar-refractivity contribution in [1.82, 2.24) is 10.1 Å². The standard InChI is InChI=1S/C10H17N3O4S/c1-16-6-7(11)9-12-10(17-13-9)8-4-2-3-5-18(8,14)15/h7-8H,2-6,11H2,1H3. The van der Waals surface area contributed by atoms with Crippen LogP contribution in [-0.2, 0) is 14.6 Å². The first kappa shape index (κ1) is 13.4. The highest BCUT2D eigenvalue weighted by atomic mass is 32.2. The van der Waals surface area contributed by atoms with E-state index in [-0.39, 0.29) is 24.1 Å². The fourth-order valence-electron chi connectivity index (χ4n) is 2.01. The van der Waals surface area contributed by atoms with E-state index < -0.39 is 21.1 Å². The van der Waals surface area contributed by atoms with Gasteiger partial charge >= 0.3 is 0 Å². The van der Waals surface area contributed by atoms with E-state index in [2.05, 4.69) is 10.1 Å². The Balaban J connectivity index is 2.19. The lowest BCUT2D eigenvalue weighted by Gasteiger charge is -2.18. The summed E-state index contributed by atoms with van der Waals surface area (Å²) in [5.41, 5.74) is 5.76. The summed E-state index contributed by atoms with van der Waals surface area (Å²) in [5, 5.41) is 3.04. The second kappa shape index (κ2) is 5.33. The van der Waals surface area contributed by atoms with Gasteiger partial charge in [0.15, 0.2) is 15.7 Å². The molecule has 1 aliphatic rings. The first-order valence-electron chi connectivity index (χ1n) is 5.84. The molecule has 8 heteroatoms. The van der Waals surface area contributed by atoms with E-state index in [4.69, 9.17) is 15.0 Å². The molecule has 102 valence electrons. The van der Waals surface area contributed by atoms with Crippen molar-refractivity contribution >= 4 is 9.84 Å². The van der Waals surface area contributed by atoms with Crippen LogP contribution in [0.25, 0.3) is 0 Å². The van der Waals surface area contributed by atoms with Crippen molar-refractivity contribution in [2.45, 2.75) is 30.6 Å². The van der Waals surface area contributed by atoms with Gasteiger partial charge in [-0.15, -0.1) is 0 Å². The lowest BCUT2D eigenvalue weighted by molar-refractivity contribution is 0.177. The number of hydrogen-bond donors (Lipinski definition) is 1. The number of rotatable bonds is 4. The minimum absolute atomic E-state index is 0.149. The zero-order valence-corrected chi connectivity index (χ0v) is 11.0. The molecule has 2 atom stereocenters. The number of nitrogens with two attached hydrogens (primary N) is 1. The maximum absolute atomic E-state index is 11.9. The Labute approximate surface area is 106 Å². The molecule has 2 rings (SSSR count). The molecule has 1 saturated heterocycles. The first-order chi connectivity index (χ1) is 8.54. The molecule has 2 unspecified atom stereocenters. The summed E-state index contributed by atoms with van der Waals surface area (Å²) in [5.74, 6) is 0.614. The zero-order valence-electron chi connectivity index (χ0n) is 10.2. The van der Waals surface area contributed by atoms with Gasteiger partial charge in [0.1, 0.15) is 5.25 Å². The fourth-order valence-corrected chi connectivity index (χ4v) is 3.83. The SMILES string of the molecule is COCC(N)c1noc(C2CCCCS2(=O)=O)n1. The normalized spacial score (nSPS) is 24.9. The van der Waals surface area contributed by atoms with Crippen molar-refractivity contribution in [3.05, 3.63) is 11.7 Å². The Hall–Kier alpha value is -0.990. The van der Waals surface area contributed by atoms with E-state index in [0.717, 1.165) is 6.42 Å². The van der Waals surface area contributed by atoms with E-state index in [0.29, 0.717) is 12.8 Å². The second-order valence-corrected chi connectivity index (χ2v) is 6.71. The van der Waals surface area contributed by atoms with Crippen LogP contribution in [-0.4, -0.2) is 38.0 Å². The van der Waals surface area contributed by atoms with Crippen LogP contribution in [0.5, 0.6) is 0 Å². The number of ether oxygens (including phenoxy) is 1. The third-order valence-corrected chi connectivity index (χ3v) is 5.15. The summed E-state index contributed by atoms with van der Waals surface area (Å²) in [7, 11) is -1.65. The van der Waals surface area contributed by atoms with Gasteiger partial charge in [0.2, 0.25) is 5.89 Å². The van der Waals surface area contributed by atoms with Crippen LogP contribution >= 0.6 is 0 Å². The molecule has 1 aliphatic heterocycles. The Kier molecular flexibility index (Phi) is 3.98. The zero-order chi connectivity index (χ0) is 13.2.